The Balaban J connectivity index is 4.32. The SMILES string of the molecule is CCC(=O)N[C@@H](CCCCNC(=O)OC(C)(C)C)C(=O)OC(C)(C)C. The Morgan fingerprint density at radius 2 is 1.48 bits per heavy atom. The van der Waals surface area contributed by atoms with Crippen LogP contribution in [-0.4, -0.2) is 41.8 Å². The van der Waals surface area contributed by atoms with Crippen LogP contribution in [0.15, 0.2) is 0 Å². The predicted molar refractivity (Wildman–Crippen MR) is 96.2 cm³/mol. The first-order valence-corrected chi connectivity index (χ1v) is 8.83. The molecule has 25 heavy (non-hydrogen) atoms. The van der Waals surface area contributed by atoms with Crippen LogP contribution >= 0.6 is 0 Å². The molecule has 0 aromatic heterocycles. The van der Waals surface area contributed by atoms with Gasteiger partial charge in [-0.1, -0.05) is 6.92 Å². The number of alkyl carbamates (subject to hydrolysis) is 1. The van der Waals surface area contributed by atoms with Crippen LogP contribution in [0.2, 0.25) is 0 Å². The molecular formula is C18H34N2O5. The summed E-state index contributed by atoms with van der Waals surface area (Å²) in [5.41, 5.74) is -1.14. The summed E-state index contributed by atoms with van der Waals surface area (Å²) < 4.78 is 10.5. The van der Waals surface area contributed by atoms with E-state index in [-0.39, 0.29) is 5.91 Å². The Morgan fingerprint density at radius 3 is 1.96 bits per heavy atom. The van der Waals surface area contributed by atoms with Gasteiger partial charge in [0.05, 0.1) is 0 Å². The summed E-state index contributed by atoms with van der Waals surface area (Å²) in [6.07, 6.45) is 1.62. The van der Waals surface area contributed by atoms with Crippen LogP contribution in [-0.2, 0) is 19.1 Å². The molecule has 7 heteroatoms. The fourth-order valence-electron chi connectivity index (χ4n) is 1.90. The molecule has 0 radical (unpaired) electrons. The second-order valence-electron chi connectivity index (χ2n) is 7.93. The van der Waals surface area contributed by atoms with Gasteiger partial charge in [0.2, 0.25) is 5.91 Å². The number of amides is 2. The lowest BCUT2D eigenvalue weighted by atomic mass is 10.1. The zero-order valence-corrected chi connectivity index (χ0v) is 16.7. The van der Waals surface area contributed by atoms with E-state index in [2.05, 4.69) is 10.6 Å². The minimum Gasteiger partial charge on any atom is -0.458 e. The number of hydrogen-bond donors (Lipinski definition) is 2. The molecule has 0 fully saturated rings. The van der Waals surface area contributed by atoms with Crippen LogP contribution < -0.4 is 10.6 Å². The number of rotatable bonds is 8. The van der Waals surface area contributed by atoms with E-state index in [9.17, 15) is 14.4 Å². The van der Waals surface area contributed by atoms with E-state index in [1.165, 1.54) is 0 Å². The highest BCUT2D eigenvalue weighted by molar-refractivity contribution is 5.84. The van der Waals surface area contributed by atoms with Crippen LogP contribution in [0.3, 0.4) is 0 Å². The van der Waals surface area contributed by atoms with E-state index in [0.29, 0.717) is 32.2 Å². The maximum Gasteiger partial charge on any atom is 0.407 e. The van der Waals surface area contributed by atoms with Crippen LogP contribution in [0.25, 0.3) is 0 Å². The van der Waals surface area contributed by atoms with Crippen LogP contribution in [0.4, 0.5) is 4.79 Å². The molecule has 146 valence electrons. The summed E-state index contributed by atoms with van der Waals surface area (Å²) in [7, 11) is 0. The Morgan fingerprint density at radius 1 is 0.920 bits per heavy atom. The van der Waals surface area contributed by atoms with Crippen LogP contribution in [0, 0.1) is 0 Å². The molecule has 0 heterocycles. The van der Waals surface area contributed by atoms with Gasteiger partial charge in [0.1, 0.15) is 17.2 Å². The van der Waals surface area contributed by atoms with Gasteiger partial charge in [-0.15, -0.1) is 0 Å². The maximum atomic E-state index is 12.2. The highest BCUT2D eigenvalue weighted by Gasteiger charge is 2.26. The quantitative estimate of drug-likeness (QED) is 0.514. The molecule has 2 amide bonds. The van der Waals surface area contributed by atoms with Crippen molar-refractivity contribution >= 4 is 18.0 Å². The Labute approximate surface area is 151 Å². The van der Waals surface area contributed by atoms with Crippen LogP contribution in [0.1, 0.15) is 74.1 Å². The second-order valence-corrected chi connectivity index (χ2v) is 7.93. The van der Waals surface area contributed by atoms with Gasteiger partial charge in [0, 0.05) is 13.0 Å². The third kappa shape index (κ3) is 13.2. The molecule has 1 atom stereocenters. The van der Waals surface area contributed by atoms with Crippen molar-refractivity contribution in [2.45, 2.75) is 91.4 Å². The van der Waals surface area contributed by atoms with E-state index in [0.717, 1.165) is 0 Å². The highest BCUT2D eigenvalue weighted by Crippen LogP contribution is 2.12. The lowest BCUT2D eigenvalue weighted by Gasteiger charge is -2.24. The number of esters is 1. The van der Waals surface area contributed by atoms with E-state index in [1.807, 2.05) is 0 Å². The molecule has 0 aliphatic rings. The van der Waals surface area contributed by atoms with Crippen molar-refractivity contribution in [3.05, 3.63) is 0 Å². The maximum absolute atomic E-state index is 12.2. The molecule has 0 unspecified atom stereocenters. The summed E-state index contributed by atoms with van der Waals surface area (Å²) in [6.45, 7) is 12.9. The summed E-state index contributed by atoms with van der Waals surface area (Å²) >= 11 is 0. The number of nitrogens with one attached hydrogen (secondary N) is 2. The molecule has 0 aliphatic heterocycles. The van der Waals surface area contributed by atoms with Crippen molar-refractivity contribution < 1.29 is 23.9 Å². The van der Waals surface area contributed by atoms with Gasteiger partial charge in [-0.2, -0.15) is 0 Å². The lowest BCUT2D eigenvalue weighted by Crippen LogP contribution is -2.44. The molecule has 2 N–H and O–H groups in total. The molecule has 0 aliphatic carbocycles. The van der Waals surface area contributed by atoms with Crippen molar-refractivity contribution in [3.63, 3.8) is 0 Å². The summed E-state index contributed by atoms with van der Waals surface area (Å²) in [5, 5.41) is 5.36. The molecular weight excluding hydrogens is 324 g/mol. The number of hydrogen-bond acceptors (Lipinski definition) is 5. The Hall–Kier alpha value is -1.79. The lowest BCUT2D eigenvalue weighted by molar-refractivity contribution is -0.158. The van der Waals surface area contributed by atoms with E-state index in [4.69, 9.17) is 9.47 Å². The average molecular weight is 358 g/mol. The second kappa shape index (κ2) is 10.3. The molecule has 0 rings (SSSR count). The third-order valence-electron chi connectivity index (χ3n) is 2.94. The Kier molecular flexibility index (Phi) is 9.52. The normalized spacial score (nSPS) is 12.9. The van der Waals surface area contributed by atoms with Gasteiger partial charge in [-0.3, -0.25) is 4.79 Å². The standard InChI is InChI=1S/C18H34N2O5/c1-8-14(21)20-13(15(22)24-17(2,3)4)11-9-10-12-19-16(23)25-18(5,6)7/h13H,8-12H2,1-7H3,(H,19,23)(H,20,21)/t13-/m0/s1. The largest absolute Gasteiger partial charge is 0.458 e. The molecule has 0 bridgehead atoms. The topological polar surface area (TPSA) is 93.7 Å². The first-order valence-electron chi connectivity index (χ1n) is 8.83. The fourth-order valence-corrected chi connectivity index (χ4v) is 1.90. The smallest absolute Gasteiger partial charge is 0.407 e. The fraction of sp³-hybridized carbons (Fsp3) is 0.833. The first kappa shape index (κ1) is 23.2. The molecule has 0 spiro atoms. The van der Waals surface area contributed by atoms with Gasteiger partial charge in [0.15, 0.2) is 0 Å². The van der Waals surface area contributed by atoms with Crippen LogP contribution in [0.5, 0.6) is 0 Å². The molecule has 0 saturated carbocycles. The summed E-state index contributed by atoms with van der Waals surface area (Å²) in [6, 6.07) is -0.673. The minimum absolute atomic E-state index is 0.192. The monoisotopic (exact) mass is 358 g/mol. The zero-order chi connectivity index (χ0) is 19.7. The molecule has 7 nitrogen and oxygen atoms in total. The van der Waals surface area contributed by atoms with Crippen molar-refractivity contribution in [1.82, 2.24) is 10.6 Å². The van der Waals surface area contributed by atoms with Gasteiger partial charge < -0.3 is 20.1 Å². The van der Waals surface area contributed by atoms with Gasteiger partial charge in [-0.25, -0.2) is 9.59 Å². The number of carbonyl (C=O) groups excluding carboxylic acids is 3. The van der Waals surface area contributed by atoms with Gasteiger partial charge >= 0.3 is 12.1 Å². The Bertz CT molecular complexity index is 449. The number of ether oxygens (including phenoxy) is 2. The van der Waals surface area contributed by atoms with Gasteiger partial charge in [0.25, 0.3) is 0 Å². The molecule has 0 aromatic carbocycles. The number of carbonyl (C=O) groups is 3. The van der Waals surface area contributed by atoms with E-state index < -0.39 is 29.3 Å². The van der Waals surface area contributed by atoms with Crippen molar-refractivity contribution in [2.75, 3.05) is 6.54 Å². The predicted octanol–water partition coefficient (Wildman–Crippen LogP) is 2.92. The highest BCUT2D eigenvalue weighted by atomic mass is 16.6. The number of unbranched alkanes of at least 4 members (excludes halogenated alkanes) is 1. The first-order chi connectivity index (χ1) is 11.3. The van der Waals surface area contributed by atoms with Crippen molar-refractivity contribution in [2.24, 2.45) is 0 Å². The van der Waals surface area contributed by atoms with Gasteiger partial charge in [-0.05, 0) is 60.8 Å². The van der Waals surface area contributed by atoms with Crippen molar-refractivity contribution in [3.8, 4) is 0 Å². The molecule has 0 aromatic rings. The van der Waals surface area contributed by atoms with E-state index >= 15 is 0 Å². The minimum atomic E-state index is -0.673. The molecule has 0 saturated heterocycles. The summed E-state index contributed by atoms with van der Waals surface area (Å²) in [5.74, 6) is -0.628. The van der Waals surface area contributed by atoms with Crippen molar-refractivity contribution in [1.29, 1.82) is 0 Å². The summed E-state index contributed by atoms with van der Waals surface area (Å²) in [4.78, 5) is 35.4. The zero-order valence-electron chi connectivity index (χ0n) is 16.7. The average Bonchev–Trinajstić information content (AvgIpc) is 2.41. The van der Waals surface area contributed by atoms with E-state index in [1.54, 1.807) is 48.5 Å². The third-order valence-corrected chi connectivity index (χ3v) is 2.94.